The fourth-order valence-corrected chi connectivity index (χ4v) is 2.70. The molecule has 126 valence electrons. The van der Waals surface area contributed by atoms with Crippen LogP contribution in [0.2, 0.25) is 0 Å². The van der Waals surface area contributed by atoms with Gasteiger partial charge in [-0.25, -0.2) is 5.43 Å². The predicted octanol–water partition coefficient (Wildman–Crippen LogP) is 2.08. The molecule has 1 aliphatic rings. The van der Waals surface area contributed by atoms with E-state index < -0.39 is 0 Å². The number of amides is 1. The molecule has 1 amide bonds. The van der Waals surface area contributed by atoms with Gasteiger partial charge in [-0.05, 0) is 36.6 Å². The third-order valence-electron chi connectivity index (χ3n) is 3.97. The molecule has 1 fully saturated rings. The van der Waals surface area contributed by atoms with Crippen LogP contribution in [0.25, 0.3) is 0 Å². The molecule has 0 unspecified atom stereocenters. The van der Waals surface area contributed by atoms with E-state index >= 15 is 0 Å². The first-order valence-electron chi connectivity index (χ1n) is 8.00. The Balaban J connectivity index is 1.77. The molecule has 0 atom stereocenters. The van der Waals surface area contributed by atoms with Crippen LogP contribution in [0.15, 0.2) is 23.3 Å². The Hall–Kier alpha value is -2.08. The molecule has 23 heavy (non-hydrogen) atoms. The normalized spacial score (nSPS) is 15.6. The quantitative estimate of drug-likeness (QED) is 0.596. The molecule has 1 saturated carbocycles. The first-order valence-corrected chi connectivity index (χ1v) is 8.00. The van der Waals surface area contributed by atoms with Gasteiger partial charge in [0.1, 0.15) is 0 Å². The first kappa shape index (κ1) is 17.3. The summed E-state index contributed by atoms with van der Waals surface area (Å²) in [7, 11) is 3.17. The number of hydrogen-bond acceptors (Lipinski definition) is 5. The lowest BCUT2D eigenvalue weighted by molar-refractivity contribution is -0.120. The average Bonchev–Trinajstić information content (AvgIpc) is 2.60. The molecule has 0 spiro atoms. The zero-order chi connectivity index (χ0) is 16.5. The summed E-state index contributed by atoms with van der Waals surface area (Å²) in [6.45, 7) is 0.300. The molecule has 6 heteroatoms. The highest BCUT2D eigenvalue weighted by Crippen LogP contribution is 2.26. The summed E-state index contributed by atoms with van der Waals surface area (Å²) in [4.78, 5) is 11.8. The summed E-state index contributed by atoms with van der Waals surface area (Å²) < 4.78 is 10.4. The van der Waals surface area contributed by atoms with Crippen molar-refractivity contribution < 1.29 is 14.3 Å². The second-order valence-corrected chi connectivity index (χ2v) is 5.62. The number of hydrazone groups is 1. The third kappa shape index (κ3) is 5.56. The number of hydrogen-bond donors (Lipinski definition) is 2. The lowest BCUT2D eigenvalue weighted by Crippen LogP contribution is -2.38. The number of carbonyl (C=O) groups is 1. The number of nitrogens with one attached hydrogen (secondary N) is 2. The molecule has 2 N–H and O–H groups in total. The number of nitrogens with zero attached hydrogens (tertiary/aromatic N) is 1. The maximum atomic E-state index is 11.8. The van der Waals surface area contributed by atoms with Crippen molar-refractivity contribution in [3.8, 4) is 11.5 Å². The first-order chi connectivity index (χ1) is 11.2. The second-order valence-electron chi connectivity index (χ2n) is 5.62. The molecule has 6 nitrogen and oxygen atoms in total. The molecule has 0 aliphatic heterocycles. The van der Waals surface area contributed by atoms with Crippen molar-refractivity contribution in [2.45, 2.75) is 38.1 Å². The van der Waals surface area contributed by atoms with Crippen LogP contribution in [-0.4, -0.2) is 38.9 Å². The molecule has 1 aromatic rings. The monoisotopic (exact) mass is 319 g/mol. The molecule has 0 heterocycles. The Morgan fingerprint density at radius 1 is 1.22 bits per heavy atom. The molecule has 0 bridgehead atoms. The molecular weight excluding hydrogens is 294 g/mol. The number of methoxy groups -OCH3 is 2. The summed E-state index contributed by atoms with van der Waals surface area (Å²) in [6.07, 6.45) is 7.69. The largest absolute Gasteiger partial charge is 0.493 e. The van der Waals surface area contributed by atoms with Crippen molar-refractivity contribution in [1.29, 1.82) is 0 Å². The van der Waals surface area contributed by atoms with E-state index in [2.05, 4.69) is 15.8 Å². The van der Waals surface area contributed by atoms with Gasteiger partial charge in [0.25, 0.3) is 5.91 Å². The minimum atomic E-state index is -0.132. The van der Waals surface area contributed by atoms with Gasteiger partial charge in [0, 0.05) is 6.04 Å². The fraction of sp³-hybridized carbons (Fsp3) is 0.529. The van der Waals surface area contributed by atoms with E-state index in [9.17, 15) is 4.79 Å². The van der Waals surface area contributed by atoms with E-state index in [1.54, 1.807) is 32.6 Å². The van der Waals surface area contributed by atoms with Crippen LogP contribution in [0, 0.1) is 0 Å². The average molecular weight is 319 g/mol. The Bertz CT molecular complexity index is 540. The van der Waals surface area contributed by atoms with Crippen molar-refractivity contribution in [3.63, 3.8) is 0 Å². The Morgan fingerprint density at radius 2 is 1.96 bits per heavy atom. The Labute approximate surface area is 137 Å². The maximum Gasteiger partial charge on any atom is 0.254 e. The molecular formula is C17H25N3O3. The van der Waals surface area contributed by atoms with E-state index in [1.165, 1.54) is 19.3 Å². The van der Waals surface area contributed by atoms with Crippen LogP contribution >= 0.6 is 0 Å². The third-order valence-corrected chi connectivity index (χ3v) is 3.97. The Kier molecular flexibility index (Phi) is 6.87. The molecule has 0 radical (unpaired) electrons. The van der Waals surface area contributed by atoms with Gasteiger partial charge >= 0.3 is 0 Å². The predicted molar refractivity (Wildman–Crippen MR) is 90.2 cm³/mol. The number of rotatable bonds is 7. The van der Waals surface area contributed by atoms with Gasteiger partial charge in [0.2, 0.25) is 0 Å². The van der Waals surface area contributed by atoms with Gasteiger partial charge in [-0.15, -0.1) is 0 Å². The van der Waals surface area contributed by atoms with Gasteiger partial charge in [0.05, 0.1) is 27.0 Å². The van der Waals surface area contributed by atoms with Crippen molar-refractivity contribution in [3.05, 3.63) is 23.8 Å². The van der Waals surface area contributed by atoms with E-state index in [0.29, 0.717) is 24.1 Å². The van der Waals surface area contributed by atoms with Gasteiger partial charge < -0.3 is 14.8 Å². The van der Waals surface area contributed by atoms with Crippen LogP contribution in [-0.2, 0) is 4.79 Å². The number of benzene rings is 1. The molecule has 1 aliphatic carbocycles. The maximum absolute atomic E-state index is 11.8. The minimum absolute atomic E-state index is 0.132. The Morgan fingerprint density at radius 3 is 2.65 bits per heavy atom. The SMILES string of the molecule is COc1ccc(/C=N\NC(=O)CNC2CCCCC2)cc1OC. The van der Waals surface area contributed by atoms with E-state index in [0.717, 1.165) is 18.4 Å². The summed E-state index contributed by atoms with van der Waals surface area (Å²) in [6, 6.07) is 5.91. The topological polar surface area (TPSA) is 72.0 Å². The van der Waals surface area contributed by atoms with Crippen LogP contribution in [0.5, 0.6) is 11.5 Å². The van der Waals surface area contributed by atoms with Crippen molar-refractivity contribution in [2.75, 3.05) is 20.8 Å². The van der Waals surface area contributed by atoms with Gasteiger partial charge in [-0.2, -0.15) is 5.10 Å². The van der Waals surface area contributed by atoms with E-state index in [4.69, 9.17) is 9.47 Å². The highest BCUT2D eigenvalue weighted by molar-refractivity contribution is 5.83. The molecule has 0 aromatic heterocycles. The second kappa shape index (κ2) is 9.15. The van der Waals surface area contributed by atoms with E-state index in [-0.39, 0.29) is 5.91 Å². The zero-order valence-corrected chi connectivity index (χ0v) is 13.8. The van der Waals surface area contributed by atoms with Crippen LogP contribution < -0.4 is 20.2 Å². The van der Waals surface area contributed by atoms with Crippen LogP contribution in [0.4, 0.5) is 0 Å². The summed E-state index contributed by atoms with van der Waals surface area (Å²) in [5.74, 6) is 1.15. The highest BCUT2D eigenvalue weighted by Gasteiger charge is 2.13. The smallest absolute Gasteiger partial charge is 0.254 e. The van der Waals surface area contributed by atoms with Gasteiger partial charge in [0.15, 0.2) is 11.5 Å². The minimum Gasteiger partial charge on any atom is -0.493 e. The molecule has 2 rings (SSSR count). The molecule has 1 aromatic carbocycles. The lowest BCUT2D eigenvalue weighted by atomic mass is 9.95. The van der Waals surface area contributed by atoms with Gasteiger partial charge in [-0.3, -0.25) is 4.79 Å². The lowest BCUT2D eigenvalue weighted by Gasteiger charge is -2.22. The highest BCUT2D eigenvalue weighted by atomic mass is 16.5. The van der Waals surface area contributed by atoms with Crippen molar-refractivity contribution >= 4 is 12.1 Å². The zero-order valence-electron chi connectivity index (χ0n) is 13.8. The van der Waals surface area contributed by atoms with E-state index in [1.807, 2.05) is 6.07 Å². The van der Waals surface area contributed by atoms with Crippen molar-refractivity contribution in [2.24, 2.45) is 5.10 Å². The summed E-state index contributed by atoms with van der Waals surface area (Å²) >= 11 is 0. The summed E-state index contributed by atoms with van der Waals surface area (Å²) in [5.41, 5.74) is 3.36. The van der Waals surface area contributed by atoms with Crippen molar-refractivity contribution in [1.82, 2.24) is 10.7 Å². The van der Waals surface area contributed by atoms with Crippen LogP contribution in [0.1, 0.15) is 37.7 Å². The standard InChI is InChI=1S/C17H25N3O3/c1-22-15-9-8-13(10-16(15)23-2)11-19-20-17(21)12-18-14-6-4-3-5-7-14/h8-11,14,18H,3-7,12H2,1-2H3,(H,20,21)/b19-11-. The molecule has 0 saturated heterocycles. The summed E-state index contributed by atoms with van der Waals surface area (Å²) in [5, 5.41) is 7.26. The number of carbonyl (C=O) groups excluding carboxylic acids is 1. The fourth-order valence-electron chi connectivity index (χ4n) is 2.70. The van der Waals surface area contributed by atoms with Gasteiger partial charge in [-0.1, -0.05) is 19.3 Å². The van der Waals surface area contributed by atoms with Crippen LogP contribution in [0.3, 0.4) is 0 Å². The number of ether oxygens (including phenoxy) is 2.